The second-order valence-electron chi connectivity index (χ2n) is 7.19. The summed E-state index contributed by atoms with van der Waals surface area (Å²) in [5.41, 5.74) is -0.408. The molecular formula is C16H29N3O2. The van der Waals surface area contributed by atoms with Crippen LogP contribution in [0.15, 0.2) is 4.99 Å². The molecule has 0 bridgehead atoms. The Hall–Kier alpha value is -1.26. The number of hydrogen-bond acceptors (Lipinski definition) is 3. The molecule has 0 aromatic rings. The average molecular weight is 295 g/mol. The van der Waals surface area contributed by atoms with Gasteiger partial charge in [0.2, 0.25) is 0 Å². The van der Waals surface area contributed by atoms with E-state index in [1.54, 1.807) is 0 Å². The van der Waals surface area contributed by atoms with Crippen LogP contribution in [0, 0.1) is 11.8 Å². The maximum Gasteiger partial charge on any atom is 0.311 e. The molecule has 2 fully saturated rings. The van der Waals surface area contributed by atoms with Gasteiger partial charge in [-0.25, -0.2) is 0 Å². The van der Waals surface area contributed by atoms with Gasteiger partial charge in [0.25, 0.3) is 0 Å². The van der Waals surface area contributed by atoms with E-state index in [0.29, 0.717) is 6.54 Å². The van der Waals surface area contributed by atoms with Gasteiger partial charge in [0, 0.05) is 26.7 Å². The highest BCUT2D eigenvalue weighted by atomic mass is 16.6. The van der Waals surface area contributed by atoms with Crippen molar-refractivity contribution in [3.63, 3.8) is 0 Å². The Bertz CT molecular complexity index is 397. The summed E-state index contributed by atoms with van der Waals surface area (Å²) in [7, 11) is 1.81. The van der Waals surface area contributed by atoms with Crippen molar-refractivity contribution in [1.82, 2.24) is 10.2 Å². The van der Waals surface area contributed by atoms with Crippen molar-refractivity contribution in [2.24, 2.45) is 16.8 Å². The van der Waals surface area contributed by atoms with Gasteiger partial charge in [0.05, 0.1) is 5.92 Å². The number of rotatable bonds is 3. The average Bonchev–Trinajstić information content (AvgIpc) is 2.79. The number of guanidine groups is 1. The van der Waals surface area contributed by atoms with Gasteiger partial charge in [-0.05, 0) is 46.0 Å². The summed E-state index contributed by atoms with van der Waals surface area (Å²) in [6, 6.07) is 0. The maximum absolute atomic E-state index is 12.1. The van der Waals surface area contributed by atoms with Gasteiger partial charge in [-0.2, -0.15) is 0 Å². The summed E-state index contributed by atoms with van der Waals surface area (Å²) in [6.45, 7) is 8.32. The molecule has 1 heterocycles. The van der Waals surface area contributed by atoms with Crippen molar-refractivity contribution < 1.29 is 9.53 Å². The molecule has 1 unspecified atom stereocenters. The molecule has 1 N–H and O–H groups in total. The van der Waals surface area contributed by atoms with E-state index in [-0.39, 0.29) is 11.9 Å². The smallest absolute Gasteiger partial charge is 0.311 e. The van der Waals surface area contributed by atoms with Crippen molar-refractivity contribution in [3.05, 3.63) is 0 Å². The first-order valence-corrected chi connectivity index (χ1v) is 8.07. The predicted molar refractivity (Wildman–Crippen MR) is 84.2 cm³/mol. The van der Waals surface area contributed by atoms with Crippen molar-refractivity contribution in [1.29, 1.82) is 0 Å². The predicted octanol–water partition coefficient (Wildman–Crippen LogP) is 2.03. The van der Waals surface area contributed by atoms with E-state index in [1.165, 1.54) is 19.3 Å². The molecule has 120 valence electrons. The zero-order valence-electron chi connectivity index (χ0n) is 13.8. The van der Waals surface area contributed by atoms with Crippen LogP contribution in [0.5, 0.6) is 0 Å². The second-order valence-corrected chi connectivity index (χ2v) is 7.19. The first kappa shape index (κ1) is 16.1. The topological polar surface area (TPSA) is 53.9 Å². The zero-order valence-corrected chi connectivity index (χ0v) is 13.8. The first-order chi connectivity index (χ1) is 9.89. The highest BCUT2D eigenvalue weighted by Gasteiger charge is 2.33. The monoisotopic (exact) mass is 295 g/mol. The highest BCUT2D eigenvalue weighted by Crippen LogP contribution is 2.25. The molecule has 2 aliphatic rings. The van der Waals surface area contributed by atoms with Crippen LogP contribution in [0.2, 0.25) is 0 Å². The molecule has 0 aromatic carbocycles. The number of carbonyl (C=O) groups excluding carboxylic acids is 1. The van der Waals surface area contributed by atoms with E-state index >= 15 is 0 Å². The van der Waals surface area contributed by atoms with E-state index in [9.17, 15) is 4.79 Å². The van der Waals surface area contributed by atoms with E-state index in [4.69, 9.17) is 4.74 Å². The van der Waals surface area contributed by atoms with Crippen LogP contribution < -0.4 is 5.32 Å². The molecule has 1 atom stereocenters. The molecule has 21 heavy (non-hydrogen) atoms. The molecule has 0 radical (unpaired) electrons. The minimum atomic E-state index is -0.408. The molecule has 5 nitrogen and oxygen atoms in total. The number of likely N-dealkylation sites (tertiary alicyclic amines) is 1. The Kier molecular flexibility index (Phi) is 5.12. The van der Waals surface area contributed by atoms with Crippen molar-refractivity contribution in [2.45, 2.75) is 52.1 Å². The number of nitrogens with zero attached hydrogens (tertiary/aromatic N) is 2. The van der Waals surface area contributed by atoms with Gasteiger partial charge in [-0.3, -0.25) is 9.79 Å². The van der Waals surface area contributed by atoms with Crippen LogP contribution >= 0.6 is 0 Å². The highest BCUT2D eigenvalue weighted by molar-refractivity contribution is 5.82. The lowest BCUT2D eigenvalue weighted by molar-refractivity contribution is -0.159. The molecule has 1 aliphatic carbocycles. The van der Waals surface area contributed by atoms with Crippen molar-refractivity contribution in [2.75, 3.05) is 26.7 Å². The zero-order chi connectivity index (χ0) is 15.5. The fourth-order valence-electron chi connectivity index (χ4n) is 2.79. The van der Waals surface area contributed by atoms with Gasteiger partial charge in [0.1, 0.15) is 5.60 Å². The molecule has 1 saturated carbocycles. The fraction of sp³-hybridized carbons (Fsp3) is 0.875. The summed E-state index contributed by atoms with van der Waals surface area (Å²) in [6.07, 6.45) is 4.85. The normalized spacial score (nSPS) is 23.9. The second kappa shape index (κ2) is 6.67. The van der Waals surface area contributed by atoms with Gasteiger partial charge in [-0.15, -0.1) is 0 Å². The summed E-state index contributed by atoms with van der Waals surface area (Å²) in [5, 5.41) is 3.44. The quantitative estimate of drug-likeness (QED) is 0.492. The van der Waals surface area contributed by atoms with Gasteiger partial charge in [0.15, 0.2) is 5.96 Å². The van der Waals surface area contributed by atoms with Crippen LogP contribution in [0.4, 0.5) is 0 Å². The lowest BCUT2D eigenvalue weighted by Gasteiger charge is -2.28. The lowest BCUT2D eigenvalue weighted by Crippen LogP contribution is -2.43. The van der Waals surface area contributed by atoms with Gasteiger partial charge < -0.3 is 15.0 Å². The molecule has 2 rings (SSSR count). The number of aliphatic imine (C=N–C) groups is 1. The number of ether oxygens (including phenoxy) is 1. The van der Waals surface area contributed by atoms with Crippen LogP contribution in [0.3, 0.4) is 0 Å². The molecule has 1 saturated heterocycles. The van der Waals surface area contributed by atoms with Gasteiger partial charge in [-0.1, -0.05) is 6.42 Å². The molecule has 0 spiro atoms. The van der Waals surface area contributed by atoms with Crippen LogP contribution in [-0.2, 0) is 9.53 Å². The Balaban J connectivity index is 1.80. The van der Waals surface area contributed by atoms with Crippen LogP contribution in [0.1, 0.15) is 46.5 Å². The third-order valence-electron chi connectivity index (χ3n) is 4.21. The van der Waals surface area contributed by atoms with Crippen LogP contribution in [-0.4, -0.2) is 49.1 Å². The van der Waals surface area contributed by atoms with E-state index in [2.05, 4.69) is 15.2 Å². The first-order valence-electron chi connectivity index (χ1n) is 8.07. The van der Waals surface area contributed by atoms with Gasteiger partial charge >= 0.3 is 5.97 Å². The van der Waals surface area contributed by atoms with E-state index < -0.39 is 5.60 Å². The Morgan fingerprint density at radius 2 is 2.05 bits per heavy atom. The molecule has 1 aliphatic heterocycles. The minimum absolute atomic E-state index is 0.0357. The SMILES string of the molecule is CN=C(NCC1CCC1)N1CCC(C(=O)OC(C)(C)C)C1. The molecular weight excluding hydrogens is 266 g/mol. The van der Waals surface area contributed by atoms with E-state index in [1.807, 2.05) is 27.8 Å². The minimum Gasteiger partial charge on any atom is -0.460 e. The standard InChI is InChI=1S/C16H29N3O2/c1-16(2,3)21-14(20)13-8-9-19(11-13)15(17-4)18-10-12-6-5-7-12/h12-13H,5-11H2,1-4H3,(H,17,18). The number of nitrogens with one attached hydrogen (secondary N) is 1. The Morgan fingerprint density at radius 1 is 1.33 bits per heavy atom. The molecule has 0 amide bonds. The summed E-state index contributed by atoms with van der Waals surface area (Å²) in [4.78, 5) is 18.7. The summed E-state index contributed by atoms with van der Waals surface area (Å²) in [5.74, 6) is 1.60. The Labute approximate surface area is 128 Å². The maximum atomic E-state index is 12.1. The third-order valence-corrected chi connectivity index (χ3v) is 4.21. The molecule has 5 heteroatoms. The number of esters is 1. The third kappa shape index (κ3) is 4.61. The largest absolute Gasteiger partial charge is 0.460 e. The number of hydrogen-bond donors (Lipinski definition) is 1. The number of carbonyl (C=O) groups is 1. The van der Waals surface area contributed by atoms with Crippen molar-refractivity contribution >= 4 is 11.9 Å². The Morgan fingerprint density at radius 3 is 2.57 bits per heavy atom. The fourth-order valence-corrected chi connectivity index (χ4v) is 2.79. The van der Waals surface area contributed by atoms with Crippen LogP contribution in [0.25, 0.3) is 0 Å². The van der Waals surface area contributed by atoms with Crippen molar-refractivity contribution in [3.8, 4) is 0 Å². The molecule has 0 aromatic heterocycles. The summed E-state index contributed by atoms with van der Waals surface area (Å²) < 4.78 is 5.48. The van der Waals surface area contributed by atoms with E-state index in [0.717, 1.165) is 31.4 Å². The lowest BCUT2D eigenvalue weighted by atomic mass is 9.85. The summed E-state index contributed by atoms with van der Waals surface area (Å²) >= 11 is 0.